The number of hydrogen-bond acceptors (Lipinski definition) is 8. The minimum atomic E-state index is -0.894. The van der Waals surface area contributed by atoms with E-state index in [1.165, 1.54) is 4.90 Å². The van der Waals surface area contributed by atoms with Crippen LogP contribution in [0.3, 0.4) is 0 Å². The lowest BCUT2D eigenvalue weighted by Crippen LogP contribution is -2.55. The first kappa shape index (κ1) is 15.8. The lowest BCUT2D eigenvalue weighted by atomic mass is 9.83. The van der Waals surface area contributed by atoms with Crippen molar-refractivity contribution in [2.45, 2.75) is 43.2 Å². The minimum Gasteiger partial charge on any atom is -0.477 e. The topological polar surface area (TPSA) is 119 Å². The third kappa shape index (κ3) is 2.34. The summed E-state index contributed by atoms with van der Waals surface area (Å²) in [6.07, 6.45) is 1.04. The Kier molecular flexibility index (Phi) is 3.60. The van der Waals surface area contributed by atoms with Crippen molar-refractivity contribution in [3.05, 3.63) is 12.1 Å². The van der Waals surface area contributed by atoms with Gasteiger partial charge in [-0.3, -0.25) is 9.79 Å². The van der Waals surface area contributed by atoms with Gasteiger partial charge in [0.05, 0.1) is 6.54 Å². The first-order valence-corrected chi connectivity index (χ1v) is 8.18. The molecule has 132 valence electrons. The molecule has 0 spiro atoms. The zero-order valence-corrected chi connectivity index (χ0v) is 13.6. The molecule has 1 saturated heterocycles. The molecule has 0 radical (unpaired) electrons. The molecule has 4 atom stereocenters. The maximum absolute atomic E-state index is 12.5. The smallest absolute Gasteiger partial charge is 0.418 e. The van der Waals surface area contributed by atoms with Crippen molar-refractivity contribution in [3.63, 3.8) is 0 Å². The lowest BCUT2D eigenvalue weighted by molar-refractivity contribution is -0.113. The number of aliphatic imine (C=N–C) groups is 1. The second-order valence-electron chi connectivity index (χ2n) is 6.47. The van der Waals surface area contributed by atoms with Crippen molar-refractivity contribution < 1.29 is 19.1 Å². The molecule has 2 aliphatic heterocycles. The Morgan fingerprint density at radius 1 is 1.48 bits per heavy atom. The number of nitrogens with zero attached hydrogens (tertiary/aromatic N) is 3. The maximum atomic E-state index is 12.5. The van der Waals surface area contributed by atoms with E-state index in [1.807, 2.05) is 0 Å². The van der Waals surface area contributed by atoms with Gasteiger partial charge < -0.3 is 20.5 Å². The first-order valence-electron chi connectivity index (χ1n) is 8.18. The number of carbonyl (C=O) groups is 2. The van der Waals surface area contributed by atoms with Gasteiger partial charge >= 0.3 is 6.09 Å². The fourth-order valence-corrected chi connectivity index (χ4v) is 3.67. The van der Waals surface area contributed by atoms with E-state index in [0.717, 1.165) is 12.7 Å². The van der Waals surface area contributed by atoms with Crippen LogP contribution in [-0.4, -0.2) is 54.5 Å². The number of hydrogen-bond donors (Lipinski definition) is 2. The number of anilines is 2. The highest BCUT2D eigenvalue weighted by Crippen LogP contribution is 2.44. The van der Waals surface area contributed by atoms with Crippen molar-refractivity contribution in [1.29, 1.82) is 0 Å². The van der Waals surface area contributed by atoms with Crippen LogP contribution in [0.1, 0.15) is 19.3 Å². The highest BCUT2D eigenvalue weighted by atomic mass is 16.6. The fraction of sp³-hybridized carbons (Fsp3) is 0.500. The summed E-state index contributed by atoms with van der Waals surface area (Å²) in [7, 11) is 0. The number of ether oxygens (including phenoxy) is 2. The number of fused-ring (bicyclic) bond motifs is 2. The van der Waals surface area contributed by atoms with Crippen LogP contribution in [0.25, 0.3) is 0 Å². The van der Waals surface area contributed by atoms with Gasteiger partial charge in [-0.1, -0.05) is 0 Å². The molecular formula is C16H19N5O4. The predicted octanol–water partition coefficient (Wildman–Crippen LogP) is 0.687. The zero-order valence-electron chi connectivity index (χ0n) is 13.6. The van der Waals surface area contributed by atoms with E-state index >= 15 is 0 Å². The standard InChI is InChI=1S/C16H19N5O4/c1-18-16-5-4-9(17)6-12(16)25-15(23)21(16)13-3-2-11-14(20-13)19-7-10(8-22)24-11/h2-3,8-10,12H,1,4-7,17H2,(H,19,20)/t9-,10?,12-,16-/m1/s1. The number of aldehydes is 1. The summed E-state index contributed by atoms with van der Waals surface area (Å²) < 4.78 is 11.0. The molecule has 1 saturated carbocycles. The first-order chi connectivity index (χ1) is 12.1. The van der Waals surface area contributed by atoms with Gasteiger partial charge in [-0.2, -0.15) is 0 Å². The second-order valence-corrected chi connectivity index (χ2v) is 6.47. The maximum Gasteiger partial charge on any atom is 0.418 e. The van der Waals surface area contributed by atoms with Gasteiger partial charge in [-0.25, -0.2) is 14.7 Å². The van der Waals surface area contributed by atoms with Crippen LogP contribution in [0.4, 0.5) is 16.4 Å². The van der Waals surface area contributed by atoms with Crippen LogP contribution in [0.5, 0.6) is 5.75 Å². The molecular weight excluding hydrogens is 326 g/mol. The number of pyridine rings is 1. The Morgan fingerprint density at radius 3 is 3.08 bits per heavy atom. The average molecular weight is 345 g/mol. The molecule has 2 fully saturated rings. The fourth-order valence-electron chi connectivity index (χ4n) is 3.67. The van der Waals surface area contributed by atoms with Gasteiger partial charge in [0.2, 0.25) is 0 Å². The zero-order chi connectivity index (χ0) is 17.6. The highest BCUT2D eigenvalue weighted by Gasteiger charge is 2.58. The Morgan fingerprint density at radius 2 is 2.32 bits per heavy atom. The molecule has 1 aromatic rings. The Bertz CT molecular complexity index is 741. The summed E-state index contributed by atoms with van der Waals surface area (Å²) >= 11 is 0. The summed E-state index contributed by atoms with van der Waals surface area (Å²) in [6, 6.07) is 3.30. The van der Waals surface area contributed by atoms with Gasteiger partial charge in [-0.15, -0.1) is 0 Å². The number of rotatable bonds is 3. The van der Waals surface area contributed by atoms with Crippen molar-refractivity contribution in [2.24, 2.45) is 10.7 Å². The molecule has 4 rings (SSSR count). The van der Waals surface area contributed by atoms with Gasteiger partial charge in [0.1, 0.15) is 11.9 Å². The third-order valence-corrected chi connectivity index (χ3v) is 4.98. The third-order valence-electron chi connectivity index (χ3n) is 4.98. The number of amides is 1. The molecule has 9 nitrogen and oxygen atoms in total. The van der Waals surface area contributed by atoms with E-state index in [-0.39, 0.29) is 6.04 Å². The monoisotopic (exact) mass is 345 g/mol. The molecule has 3 N–H and O–H groups in total. The van der Waals surface area contributed by atoms with Gasteiger partial charge in [0.25, 0.3) is 0 Å². The van der Waals surface area contributed by atoms with Crippen molar-refractivity contribution in [3.8, 4) is 5.75 Å². The van der Waals surface area contributed by atoms with Gasteiger partial charge in [0.15, 0.2) is 29.6 Å². The Balaban J connectivity index is 1.70. The van der Waals surface area contributed by atoms with Crippen molar-refractivity contribution in [2.75, 3.05) is 16.8 Å². The van der Waals surface area contributed by atoms with E-state index in [9.17, 15) is 9.59 Å². The molecule has 1 aliphatic carbocycles. The molecule has 25 heavy (non-hydrogen) atoms. The summed E-state index contributed by atoms with van der Waals surface area (Å²) in [5.41, 5.74) is 5.11. The van der Waals surface area contributed by atoms with Gasteiger partial charge in [-0.05, 0) is 31.7 Å². The van der Waals surface area contributed by atoms with Crippen LogP contribution in [-0.2, 0) is 9.53 Å². The summed E-state index contributed by atoms with van der Waals surface area (Å²) in [5.74, 6) is 1.33. The number of nitrogens with one attached hydrogen (secondary N) is 1. The Labute approximate surface area is 144 Å². The van der Waals surface area contributed by atoms with Gasteiger partial charge in [0, 0.05) is 12.5 Å². The molecule has 3 aliphatic rings. The molecule has 0 aromatic carbocycles. The quantitative estimate of drug-likeness (QED) is 0.611. The van der Waals surface area contributed by atoms with Crippen LogP contribution in [0, 0.1) is 0 Å². The Hall–Kier alpha value is -2.68. The predicted molar refractivity (Wildman–Crippen MR) is 90.1 cm³/mol. The molecule has 0 bridgehead atoms. The second kappa shape index (κ2) is 5.69. The van der Waals surface area contributed by atoms with Crippen LogP contribution < -0.4 is 20.7 Å². The molecule has 1 unspecified atom stereocenters. The minimum absolute atomic E-state index is 0.0283. The largest absolute Gasteiger partial charge is 0.477 e. The molecule has 3 heterocycles. The number of aromatic nitrogens is 1. The van der Waals surface area contributed by atoms with E-state index in [2.05, 4.69) is 22.0 Å². The summed E-state index contributed by atoms with van der Waals surface area (Å²) in [4.78, 5) is 33.6. The van der Waals surface area contributed by atoms with E-state index in [4.69, 9.17) is 15.2 Å². The summed E-state index contributed by atoms with van der Waals surface area (Å²) in [6.45, 7) is 4.01. The average Bonchev–Trinajstić information content (AvgIpc) is 2.92. The van der Waals surface area contributed by atoms with E-state index in [1.54, 1.807) is 12.1 Å². The van der Waals surface area contributed by atoms with Crippen LogP contribution >= 0.6 is 0 Å². The van der Waals surface area contributed by atoms with Crippen LogP contribution in [0.2, 0.25) is 0 Å². The van der Waals surface area contributed by atoms with E-state index < -0.39 is 24.0 Å². The number of nitrogens with two attached hydrogens (primary N) is 1. The molecule has 1 amide bonds. The van der Waals surface area contributed by atoms with Crippen molar-refractivity contribution >= 4 is 30.7 Å². The highest BCUT2D eigenvalue weighted by molar-refractivity contribution is 5.91. The lowest BCUT2D eigenvalue weighted by Gasteiger charge is -2.39. The number of carbonyl (C=O) groups excluding carboxylic acids is 2. The van der Waals surface area contributed by atoms with E-state index in [0.29, 0.717) is 36.8 Å². The SMILES string of the molecule is C=N[C@@]12CC[C@@H](N)C[C@H]1OC(=O)N2c1ccc2c(n1)NCC(C=O)O2. The molecule has 9 heteroatoms. The molecule has 1 aromatic heterocycles. The van der Waals surface area contributed by atoms with Crippen molar-refractivity contribution in [1.82, 2.24) is 4.98 Å². The summed E-state index contributed by atoms with van der Waals surface area (Å²) in [5, 5.41) is 3.04. The van der Waals surface area contributed by atoms with Crippen LogP contribution in [0.15, 0.2) is 17.1 Å². The normalized spacial score (nSPS) is 33.4.